The molecule has 4 rings (SSSR count). The molecule has 2 aliphatic heterocycles. The molecular formula is C24H29N3O4S. The Labute approximate surface area is 189 Å². The third-order valence-electron chi connectivity index (χ3n) is 6.42. The maximum Gasteiger partial charge on any atom is 0.254 e. The molecular weight excluding hydrogens is 426 g/mol. The third kappa shape index (κ3) is 4.56. The van der Waals surface area contributed by atoms with Gasteiger partial charge in [0.05, 0.1) is 4.90 Å². The summed E-state index contributed by atoms with van der Waals surface area (Å²) >= 11 is 0. The van der Waals surface area contributed by atoms with E-state index in [1.807, 2.05) is 17.9 Å². The molecule has 0 atom stereocenters. The van der Waals surface area contributed by atoms with Crippen LogP contribution in [0.2, 0.25) is 0 Å². The number of hydrogen-bond donors (Lipinski definition) is 1. The molecule has 2 aromatic rings. The summed E-state index contributed by atoms with van der Waals surface area (Å²) in [5.41, 5.74) is 2.02. The molecule has 0 aromatic heterocycles. The second-order valence-electron chi connectivity index (χ2n) is 8.46. The van der Waals surface area contributed by atoms with Crippen molar-refractivity contribution in [1.29, 1.82) is 0 Å². The number of carbonyl (C=O) groups excluding carboxylic acids is 2. The van der Waals surface area contributed by atoms with Gasteiger partial charge in [0, 0.05) is 43.3 Å². The first kappa shape index (κ1) is 22.5. The standard InChI is InChI=1S/C24H29N3O4S/c1-18-21(24(29)26-14-5-6-15-26)10-7-11-22(18)25-23(28)19-12-16-27(17-13-19)32(30,31)20-8-3-2-4-9-20/h2-4,7-11,19H,5-6,12-17H2,1H3,(H,25,28). The molecule has 0 saturated carbocycles. The second kappa shape index (κ2) is 9.42. The largest absolute Gasteiger partial charge is 0.339 e. The number of piperidine rings is 1. The highest BCUT2D eigenvalue weighted by Crippen LogP contribution is 2.27. The number of hydrogen-bond acceptors (Lipinski definition) is 4. The van der Waals surface area contributed by atoms with Gasteiger partial charge in [-0.1, -0.05) is 24.3 Å². The van der Waals surface area contributed by atoms with Gasteiger partial charge in [-0.2, -0.15) is 4.31 Å². The smallest absolute Gasteiger partial charge is 0.254 e. The molecule has 0 unspecified atom stereocenters. The number of nitrogens with zero attached hydrogens (tertiary/aromatic N) is 2. The highest BCUT2D eigenvalue weighted by atomic mass is 32.2. The summed E-state index contributed by atoms with van der Waals surface area (Å²) in [6.07, 6.45) is 2.98. The molecule has 0 spiro atoms. The fourth-order valence-corrected chi connectivity index (χ4v) is 5.92. The van der Waals surface area contributed by atoms with E-state index in [-0.39, 0.29) is 22.6 Å². The van der Waals surface area contributed by atoms with E-state index in [9.17, 15) is 18.0 Å². The number of likely N-dealkylation sites (tertiary alicyclic amines) is 1. The van der Waals surface area contributed by atoms with Gasteiger partial charge in [-0.05, 0) is 62.4 Å². The predicted octanol–water partition coefficient (Wildman–Crippen LogP) is 3.27. The van der Waals surface area contributed by atoms with E-state index in [1.54, 1.807) is 42.5 Å². The monoisotopic (exact) mass is 455 g/mol. The van der Waals surface area contributed by atoms with Gasteiger partial charge in [0.1, 0.15) is 0 Å². The van der Waals surface area contributed by atoms with Gasteiger partial charge in [-0.3, -0.25) is 9.59 Å². The quantitative estimate of drug-likeness (QED) is 0.750. The van der Waals surface area contributed by atoms with Gasteiger partial charge >= 0.3 is 0 Å². The molecule has 32 heavy (non-hydrogen) atoms. The van der Waals surface area contributed by atoms with Crippen LogP contribution in [0, 0.1) is 12.8 Å². The van der Waals surface area contributed by atoms with Crippen molar-refractivity contribution in [2.75, 3.05) is 31.5 Å². The van der Waals surface area contributed by atoms with Crippen LogP contribution < -0.4 is 5.32 Å². The summed E-state index contributed by atoms with van der Waals surface area (Å²) in [5.74, 6) is -0.388. The fourth-order valence-electron chi connectivity index (χ4n) is 4.43. The van der Waals surface area contributed by atoms with Crippen LogP contribution in [-0.4, -0.2) is 55.6 Å². The minimum absolute atomic E-state index is 0.00975. The number of carbonyl (C=O) groups is 2. The Kier molecular flexibility index (Phi) is 6.62. The maximum atomic E-state index is 12.9. The van der Waals surface area contributed by atoms with Crippen molar-refractivity contribution in [1.82, 2.24) is 9.21 Å². The van der Waals surface area contributed by atoms with E-state index < -0.39 is 10.0 Å². The Bertz CT molecular complexity index is 1090. The van der Waals surface area contributed by atoms with Crippen LogP contribution in [0.5, 0.6) is 0 Å². The van der Waals surface area contributed by atoms with Crippen LogP contribution in [0.1, 0.15) is 41.6 Å². The van der Waals surface area contributed by atoms with Gasteiger partial charge < -0.3 is 10.2 Å². The number of anilines is 1. The Balaban J connectivity index is 1.39. The summed E-state index contributed by atoms with van der Waals surface area (Å²) in [7, 11) is -3.54. The topological polar surface area (TPSA) is 86.8 Å². The van der Waals surface area contributed by atoms with Crippen molar-refractivity contribution >= 4 is 27.5 Å². The first-order chi connectivity index (χ1) is 15.4. The van der Waals surface area contributed by atoms with E-state index >= 15 is 0 Å². The summed E-state index contributed by atoms with van der Waals surface area (Å²) in [4.78, 5) is 27.8. The lowest BCUT2D eigenvalue weighted by Crippen LogP contribution is -2.41. The minimum Gasteiger partial charge on any atom is -0.339 e. The van der Waals surface area contributed by atoms with Gasteiger partial charge in [-0.25, -0.2) is 8.42 Å². The fraction of sp³-hybridized carbons (Fsp3) is 0.417. The number of rotatable bonds is 5. The summed E-state index contributed by atoms with van der Waals surface area (Å²) < 4.78 is 27.0. The van der Waals surface area contributed by atoms with Gasteiger partial charge in [0.15, 0.2) is 0 Å². The molecule has 2 aromatic carbocycles. The number of amides is 2. The molecule has 170 valence electrons. The molecule has 0 aliphatic carbocycles. The zero-order valence-corrected chi connectivity index (χ0v) is 19.1. The number of nitrogens with one attached hydrogen (secondary N) is 1. The van der Waals surface area contributed by atoms with E-state index in [0.717, 1.165) is 31.5 Å². The maximum absolute atomic E-state index is 12.9. The average Bonchev–Trinajstić information content (AvgIpc) is 3.36. The lowest BCUT2D eigenvalue weighted by molar-refractivity contribution is -0.120. The van der Waals surface area contributed by atoms with Gasteiger partial charge in [-0.15, -0.1) is 0 Å². The van der Waals surface area contributed by atoms with Crippen molar-refractivity contribution in [3.63, 3.8) is 0 Å². The third-order valence-corrected chi connectivity index (χ3v) is 8.33. The Morgan fingerprint density at radius 2 is 1.56 bits per heavy atom. The van der Waals surface area contributed by atoms with Crippen LogP contribution in [0.25, 0.3) is 0 Å². The van der Waals surface area contributed by atoms with Crippen molar-refractivity contribution in [3.05, 3.63) is 59.7 Å². The summed E-state index contributed by atoms with van der Waals surface area (Å²) in [6.45, 7) is 4.02. The van der Waals surface area contributed by atoms with Crippen LogP contribution >= 0.6 is 0 Å². The van der Waals surface area contributed by atoms with Crippen LogP contribution in [0.3, 0.4) is 0 Å². The zero-order valence-electron chi connectivity index (χ0n) is 18.3. The molecule has 2 fully saturated rings. The molecule has 0 radical (unpaired) electrons. The highest BCUT2D eigenvalue weighted by Gasteiger charge is 2.32. The molecule has 8 heteroatoms. The molecule has 2 saturated heterocycles. The molecule has 1 N–H and O–H groups in total. The lowest BCUT2D eigenvalue weighted by Gasteiger charge is -2.30. The number of sulfonamides is 1. The minimum atomic E-state index is -3.54. The molecule has 7 nitrogen and oxygen atoms in total. The first-order valence-corrected chi connectivity index (χ1v) is 12.6. The summed E-state index contributed by atoms with van der Waals surface area (Å²) in [6, 6.07) is 13.8. The second-order valence-corrected chi connectivity index (χ2v) is 10.4. The van der Waals surface area contributed by atoms with E-state index in [2.05, 4.69) is 5.32 Å². The first-order valence-electron chi connectivity index (χ1n) is 11.1. The molecule has 2 amide bonds. The van der Waals surface area contributed by atoms with Gasteiger partial charge in [0.25, 0.3) is 5.91 Å². The highest BCUT2D eigenvalue weighted by molar-refractivity contribution is 7.89. The van der Waals surface area contributed by atoms with Crippen molar-refractivity contribution in [2.45, 2.75) is 37.5 Å². The van der Waals surface area contributed by atoms with Crippen LogP contribution in [0.15, 0.2) is 53.4 Å². The predicted molar refractivity (Wildman–Crippen MR) is 123 cm³/mol. The molecule has 2 aliphatic rings. The van der Waals surface area contributed by atoms with E-state index in [0.29, 0.717) is 37.2 Å². The Morgan fingerprint density at radius 3 is 2.22 bits per heavy atom. The summed E-state index contributed by atoms with van der Waals surface area (Å²) in [5, 5.41) is 2.97. The lowest BCUT2D eigenvalue weighted by atomic mass is 9.96. The number of benzene rings is 2. The van der Waals surface area contributed by atoms with E-state index in [4.69, 9.17) is 0 Å². The SMILES string of the molecule is Cc1c(NC(=O)C2CCN(S(=O)(=O)c3ccccc3)CC2)cccc1C(=O)N1CCCC1. The van der Waals surface area contributed by atoms with Gasteiger partial charge in [0.2, 0.25) is 15.9 Å². The molecule has 0 bridgehead atoms. The molecule has 2 heterocycles. The van der Waals surface area contributed by atoms with Crippen molar-refractivity contribution in [3.8, 4) is 0 Å². The van der Waals surface area contributed by atoms with Crippen LogP contribution in [0.4, 0.5) is 5.69 Å². The normalized spacial score (nSPS) is 18.0. The van der Waals surface area contributed by atoms with E-state index in [1.165, 1.54) is 4.31 Å². The van der Waals surface area contributed by atoms with Crippen molar-refractivity contribution in [2.24, 2.45) is 5.92 Å². The average molecular weight is 456 g/mol. The zero-order chi connectivity index (χ0) is 22.7. The Morgan fingerprint density at radius 1 is 0.906 bits per heavy atom. The Hall–Kier alpha value is -2.71. The van der Waals surface area contributed by atoms with Crippen LogP contribution in [-0.2, 0) is 14.8 Å². The van der Waals surface area contributed by atoms with Crippen molar-refractivity contribution < 1.29 is 18.0 Å².